The first-order valence-electron chi connectivity index (χ1n) is 13.6. The summed E-state index contributed by atoms with van der Waals surface area (Å²) in [6.45, 7) is 5.28. The third kappa shape index (κ3) is 6.38. The van der Waals surface area contributed by atoms with E-state index in [0.29, 0.717) is 29.1 Å². The smallest absolute Gasteiger partial charge is 0.270 e. The molecule has 0 radical (unpaired) electrons. The van der Waals surface area contributed by atoms with Crippen LogP contribution in [0.2, 0.25) is 0 Å². The van der Waals surface area contributed by atoms with Gasteiger partial charge in [0.25, 0.3) is 11.6 Å². The Kier molecular flexibility index (Phi) is 8.21. The molecule has 9 nitrogen and oxygen atoms in total. The van der Waals surface area contributed by atoms with E-state index in [0.717, 1.165) is 49.3 Å². The second-order valence-corrected chi connectivity index (χ2v) is 10.3. The van der Waals surface area contributed by atoms with Crippen molar-refractivity contribution in [1.29, 1.82) is 0 Å². The number of hydrogen-bond donors (Lipinski definition) is 3. The SMILES string of the molecule is CC(=O)NCCCc1ccc(C(Nc2ccc(CN3CCCC3)cc2)=C2C(=O)Nc3ccc([N+](=O)[O-])cc32)cc1. The summed E-state index contributed by atoms with van der Waals surface area (Å²) in [5.41, 5.74) is 5.84. The van der Waals surface area contributed by atoms with Crippen LogP contribution in [0.4, 0.5) is 17.1 Å². The van der Waals surface area contributed by atoms with Gasteiger partial charge in [-0.15, -0.1) is 0 Å². The molecule has 2 heterocycles. The molecule has 40 heavy (non-hydrogen) atoms. The first kappa shape index (κ1) is 27.1. The average Bonchev–Trinajstić information content (AvgIpc) is 3.57. The number of likely N-dealkylation sites (tertiary alicyclic amines) is 1. The van der Waals surface area contributed by atoms with Crippen LogP contribution in [0, 0.1) is 10.1 Å². The lowest BCUT2D eigenvalue weighted by atomic mass is 9.98. The van der Waals surface area contributed by atoms with Gasteiger partial charge in [-0.25, -0.2) is 0 Å². The minimum absolute atomic E-state index is 0.0443. The summed E-state index contributed by atoms with van der Waals surface area (Å²) in [7, 11) is 0. The molecule has 0 aromatic heterocycles. The quantitative estimate of drug-likeness (QED) is 0.141. The van der Waals surface area contributed by atoms with E-state index in [4.69, 9.17) is 0 Å². The Morgan fingerprint density at radius 3 is 2.38 bits per heavy atom. The van der Waals surface area contributed by atoms with E-state index in [1.54, 1.807) is 6.07 Å². The van der Waals surface area contributed by atoms with Gasteiger partial charge in [0.1, 0.15) is 0 Å². The minimum atomic E-state index is -0.456. The predicted molar refractivity (Wildman–Crippen MR) is 157 cm³/mol. The van der Waals surface area contributed by atoms with Crippen molar-refractivity contribution in [1.82, 2.24) is 10.2 Å². The van der Waals surface area contributed by atoms with Gasteiger partial charge in [-0.2, -0.15) is 0 Å². The Morgan fingerprint density at radius 1 is 1.00 bits per heavy atom. The van der Waals surface area contributed by atoms with Crippen molar-refractivity contribution in [3.8, 4) is 0 Å². The first-order chi connectivity index (χ1) is 19.4. The van der Waals surface area contributed by atoms with Gasteiger partial charge >= 0.3 is 0 Å². The van der Waals surface area contributed by atoms with Crippen molar-refractivity contribution in [3.63, 3.8) is 0 Å². The lowest BCUT2D eigenvalue weighted by molar-refractivity contribution is -0.384. The number of non-ortho nitro benzene ring substituents is 1. The molecule has 3 N–H and O–H groups in total. The molecular weight excluding hydrogens is 506 g/mol. The Bertz CT molecular complexity index is 1440. The van der Waals surface area contributed by atoms with Crippen molar-refractivity contribution in [2.45, 2.75) is 39.2 Å². The number of nitro groups is 1. The number of nitrogens with one attached hydrogen (secondary N) is 3. The highest BCUT2D eigenvalue weighted by molar-refractivity contribution is 6.37. The summed E-state index contributed by atoms with van der Waals surface area (Å²) >= 11 is 0. The van der Waals surface area contributed by atoms with E-state index in [9.17, 15) is 19.7 Å². The van der Waals surface area contributed by atoms with Crippen LogP contribution in [0.15, 0.2) is 66.7 Å². The van der Waals surface area contributed by atoms with Crippen LogP contribution in [0.25, 0.3) is 11.3 Å². The molecule has 9 heteroatoms. The molecule has 1 fully saturated rings. The first-order valence-corrected chi connectivity index (χ1v) is 13.6. The molecule has 2 aliphatic rings. The van der Waals surface area contributed by atoms with Crippen LogP contribution < -0.4 is 16.0 Å². The Labute approximate surface area is 233 Å². The summed E-state index contributed by atoms with van der Waals surface area (Å²) in [6, 6.07) is 20.5. The Balaban J connectivity index is 1.46. The summed E-state index contributed by atoms with van der Waals surface area (Å²) in [5.74, 6) is -0.361. The van der Waals surface area contributed by atoms with Crippen LogP contribution in [0.5, 0.6) is 0 Å². The fraction of sp³-hybridized carbons (Fsp3) is 0.290. The van der Waals surface area contributed by atoms with Crippen molar-refractivity contribution < 1.29 is 14.5 Å². The summed E-state index contributed by atoms with van der Waals surface area (Å²) in [6.07, 6.45) is 4.10. The van der Waals surface area contributed by atoms with E-state index >= 15 is 0 Å². The van der Waals surface area contributed by atoms with Crippen LogP contribution >= 0.6 is 0 Å². The fourth-order valence-electron chi connectivity index (χ4n) is 5.23. The van der Waals surface area contributed by atoms with Crippen molar-refractivity contribution in [2.75, 3.05) is 30.3 Å². The number of anilines is 2. The average molecular weight is 540 g/mol. The fourth-order valence-corrected chi connectivity index (χ4v) is 5.23. The maximum Gasteiger partial charge on any atom is 0.270 e. The van der Waals surface area contributed by atoms with Gasteiger partial charge in [0.05, 0.1) is 16.2 Å². The van der Waals surface area contributed by atoms with Crippen LogP contribution in [0.1, 0.15) is 48.4 Å². The normalized spacial score (nSPS) is 15.9. The maximum absolute atomic E-state index is 13.2. The standard InChI is InChI=1S/C31H33N5O4/c1-21(37)32-16-4-5-22-6-10-24(11-7-22)30(29-27-19-26(36(39)40)14-15-28(27)34-31(29)38)33-25-12-8-23(9-13-25)20-35-17-2-3-18-35/h6-15,19,33H,2-5,16-18,20H2,1H3,(H,32,37)(H,34,38). The molecule has 1 saturated heterocycles. The number of fused-ring (bicyclic) bond motifs is 1. The van der Waals surface area contributed by atoms with Gasteiger partial charge in [-0.05, 0) is 73.7 Å². The third-order valence-corrected chi connectivity index (χ3v) is 7.30. The highest BCUT2D eigenvalue weighted by Gasteiger charge is 2.30. The molecule has 0 atom stereocenters. The molecule has 3 aromatic carbocycles. The lowest BCUT2D eigenvalue weighted by Crippen LogP contribution is -2.21. The topological polar surface area (TPSA) is 117 Å². The number of amides is 2. The Morgan fingerprint density at radius 2 is 1.70 bits per heavy atom. The summed E-state index contributed by atoms with van der Waals surface area (Å²) in [5, 5.41) is 20.6. The molecule has 0 spiro atoms. The maximum atomic E-state index is 13.2. The number of rotatable bonds is 10. The van der Waals surface area contributed by atoms with Crippen molar-refractivity contribution in [2.24, 2.45) is 0 Å². The molecule has 206 valence electrons. The van der Waals surface area contributed by atoms with E-state index in [1.165, 1.54) is 37.5 Å². The van der Waals surface area contributed by atoms with E-state index in [2.05, 4.69) is 33.0 Å². The molecular formula is C31H33N5O4. The molecule has 0 unspecified atom stereocenters. The number of carbonyl (C=O) groups is 2. The predicted octanol–water partition coefficient (Wildman–Crippen LogP) is 5.19. The monoisotopic (exact) mass is 539 g/mol. The van der Waals surface area contributed by atoms with Crippen molar-refractivity contribution in [3.05, 3.63) is 99.1 Å². The van der Waals surface area contributed by atoms with E-state index < -0.39 is 4.92 Å². The second-order valence-electron chi connectivity index (χ2n) is 10.3. The molecule has 0 aliphatic carbocycles. The number of aryl methyl sites for hydroxylation is 1. The number of nitro benzene ring substituents is 1. The van der Waals surface area contributed by atoms with Crippen LogP contribution in [-0.2, 0) is 22.6 Å². The Hall–Kier alpha value is -4.50. The molecule has 2 amide bonds. The van der Waals surface area contributed by atoms with Gasteiger partial charge in [0, 0.05) is 49.1 Å². The zero-order valence-electron chi connectivity index (χ0n) is 22.5. The number of benzene rings is 3. The number of nitrogens with zero attached hydrogens (tertiary/aromatic N) is 2. The van der Waals surface area contributed by atoms with Gasteiger partial charge in [-0.1, -0.05) is 36.4 Å². The molecule has 0 bridgehead atoms. The van der Waals surface area contributed by atoms with E-state index in [1.807, 2.05) is 36.4 Å². The van der Waals surface area contributed by atoms with E-state index in [-0.39, 0.29) is 17.5 Å². The largest absolute Gasteiger partial charge is 0.356 e. The zero-order valence-corrected chi connectivity index (χ0v) is 22.5. The summed E-state index contributed by atoms with van der Waals surface area (Å²) < 4.78 is 0. The minimum Gasteiger partial charge on any atom is -0.356 e. The highest BCUT2D eigenvalue weighted by atomic mass is 16.6. The van der Waals surface area contributed by atoms with Gasteiger partial charge in [0.2, 0.25) is 5.91 Å². The van der Waals surface area contributed by atoms with Crippen molar-refractivity contribution >= 4 is 40.1 Å². The zero-order chi connectivity index (χ0) is 28.1. The van der Waals surface area contributed by atoms with Gasteiger partial charge in [0.15, 0.2) is 0 Å². The molecule has 2 aliphatic heterocycles. The molecule has 0 saturated carbocycles. The molecule has 5 rings (SSSR count). The number of carbonyl (C=O) groups excluding carboxylic acids is 2. The third-order valence-electron chi connectivity index (χ3n) is 7.30. The lowest BCUT2D eigenvalue weighted by Gasteiger charge is -2.17. The van der Waals surface area contributed by atoms with Crippen LogP contribution in [0.3, 0.4) is 0 Å². The summed E-state index contributed by atoms with van der Waals surface area (Å²) in [4.78, 5) is 37.9. The van der Waals surface area contributed by atoms with Gasteiger partial charge in [-0.3, -0.25) is 24.6 Å². The van der Waals surface area contributed by atoms with Crippen LogP contribution in [-0.4, -0.2) is 41.3 Å². The second kappa shape index (κ2) is 12.1. The van der Waals surface area contributed by atoms with Gasteiger partial charge < -0.3 is 16.0 Å². The molecule has 3 aromatic rings. The number of hydrogen-bond acceptors (Lipinski definition) is 6. The highest BCUT2D eigenvalue weighted by Crippen LogP contribution is 2.39.